The summed E-state index contributed by atoms with van der Waals surface area (Å²) < 4.78 is 12.9. The summed E-state index contributed by atoms with van der Waals surface area (Å²) in [6.45, 7) is 2.92. The highest BCUT2D eigenvalue weighted by Crippen LogP contribution is 2.30. The second-order valence-corrected chi connectivity index (χ2v) is 6.66. The van der Waals surface area contributed by atoms with Gasteiger partial charge >= 0.3 is 0 Å². The van der Waals surface area contributed by atoms with Crippen molar-refractivity contribution in [2.75, 3.05) is 18.9 Å². The first-order chi connectivity index (χ1) is 11.5. The first kappa shape index (κ1) is 18.4. The van der Waals surface area contributed by atoms with Gasteiger partial charge in [-0.15, -0.1) is 0 Å². The molecule has 0 saturated heterocycles. The van der Waals surface area contributed by atoms with E-state index in [0.717, 1.165) is 45.1 Å². The number of anilines is 1. The van der Waals surface area contributed by atoms with Gasteiger partial charge in [0.2, 0.25) is 11.8 Å². The third-order valence-corrected chi connectivity index (χ3v) is 4.78. The van der Waals surface area contributed by atoms with E-state index in [9.17, 15) is 14.0 Å². The standard InChI is InChI=1S/C19H27FN2O2/c1-3-4-13-22(2)19(24)15-7-5-14(6-8-15)18(23)21-17-11-9-16(20)10-12-17/h9-12,14-15H,3-8,13H2,1-2H3,(H,21,23). The van der Waals surface area contributed by atoms with Gasteiger partial charge in [-0.2, -0.15) is 0 Å². The molecule has 0 atom stereocenters. The van der Waals surface area contributed by atoms with Crippen LogP contribution in [0.25, 0.3) is 0 Å². The van der Waals surface area contributed by atoms with Crippen LogP contribution >= 0.6 is 0 Å². The van der Waals surface area contributed by atoms with Crippen LogP contribution in [-0.4, -0.2) is 30.3 Å². The van der Waals surface area contributed by atoms with Gasteiger partial charge in [-0.25, -0.2) is 4.39 Å². The van der Waals surface area contributed by atoms with Crippen LogP contribution in [0.3, 0.4) is 0 Å². The van der Waals surface area contributed by atoms with Crippen LogP contribution < -0.4 is 5.32 Å². The number of halogens is 1. The van der Waals surface area contributed by atoms with E-state index in [1.807, 2.05) is 11.9 Å². The Hall–Kier alpha value is -1.91. The zero-order valence-electron chi connectivity index (χ0n) is 14.6. The molecule has 2 rings (SSSR count). The Morgan fingerprint density at radius 1 is 1.12 bits per heavy atom. The van der Waals surface area contributed by atoms with Gasteiger partial charge in [-0.05, 0) is 56.4 Å². The van der Waals surface area contributed by atoms with Crippen LogP contribution in [0.1, 0.15) is 45.4 Å². The fraction of sp³-hybridized carbons (Fsp3) is 0.579. The Balaban J connectivity index is 1.80. The predicted octanol–water partition coefficient (Wildman–Crippen LogP) is 3.83. The SMILES string of the molecule is CCCCN(C)C(=O)C1CCC(C(=O)Nc2ccc(F)cc2)CC1. The molecule has 4 nitrogen and oxygen atoms in total. The van der Waals surface area contributed by atoms with Crippen molar-refractivity contribution in [3.63, 3.8) is 0 Å². The van der Waals surface area contributed by atoms with Crippen molar-refractivity contribution in [2.45, 2.75) is 45.4 Å². The summed E-state index contributed by atoms with van der Waals surface area (Å²) in [6, 6.07) is 5.78. The van der Waals surface area contributed by atoms with Crippen LogP contribution in [0.4, 0.5) is 10.1 Å². The van der Waals surface area contributed by atoms with Gasteiger partial charge in [-0.3, -0.25) is 9.59 Å². The lowest BCUT2D eigenvalue weighted by molar-refractivity contribution is -0.136. The minimum Gasteiger partial charge on any atom is -0.346 e. The van der Waals surface area contributed by atoms with E-state index in [1.54, 1.807) is 12.1 Å². The number of carbonyl (C=O) groups excluding carboxylic acids is 2. The number of unbranched alkanes of at least 4 members (excludes halogenated alkanes) is 1. The molecule has 2 amide bonds. The molecule has 1 aromatic carbocycles. The summed E-state index contributed by atoms with van der Waals surface area (Å²) in [4.78, 5) is 26.5. The third kappa shape index (κ3) is 5.05. The number of benzene rings is 1. The Kier molecular flexibility index (Phi) is 6.76. The maximum Gasteiger partial charge on any atom is 0.227 e. The van der Waals surface area contributed by atoms with E-state index in [1.165, 1.54) is 12.1 Å². The van der Waals surface area contributed by atoms with Gasteiger partial charge in [0, 0.05) is 31.1 Å². The zero-order valence-corrected chi connectivity index (χ0v) is 14.6. The second kappa shape index (κ2) is 8.81. The summed E-state index contributed by atoms with van der Waals surface area (Å²) in [5.41, 5.74) is 0.610. The third-order valence-electron chi connectivity index (χ3n) is 4.78. The predicted molar refractivity (Wildman–Crippen MR) is 93.0 cm³/mol. The smallest absolute Gasteiger partial charge is 0.227 e. The topological polar surface area (TPSA) is 49.4 Å². The number of nitrogens with one attached hydrogen (secondary N) is 1. The normalized spacial score (nSPS) is 20.5. The van der Waals surface area contributed by atoms with Crippen molar-refractivity contribution < 1.29 is 14.0 Å². The van der Waals surface area contributed by atoms with Gasteiger partial charge in [0.1, 0.15) is 5.82 Å². The average Bonchev–Trinajstić information content (AvgIpc) is 2.61. The minimum absolute atomic E-state index is 0.0353. The van der Waals surface area contributed by atoms with Crippen molar-refractivity contribution in [1.29, 1.82) is 0 Å². The van der Waals surface area contributed by atoms with E-state index in [2.05, 4.69) is 12.2 Å². The number of amides is 2. The first-order valence-electron chi connectivity index (χ1n) is 8.82. The Morgan fingerprint density at radius 2 is 1.71 bits per heavy atom. The number of nitrogens with zero attached hydrogens (tertiary/aromatic N) is 1. The summed E-state index contributed by atoms with van der Waals surface area (Å²) in [5, 5.41) is 2.83. The lowest BCUT2D eigenvalue weighted by atomic mass is 9.81. The molecular weight excluding hydrogens is 307 g/mol. The quantitative estimate of drug-likeness (QED) is 0.859. The molecule has 1 aliphatic rings. The fourth-order valence-corrected chi connectivity index (χ4v) is 3.20. The molecule has 0 unspecified atom stereocenters. The van der Waals surface area contributed by atoms with Gasteiger partial charge in [0.15, 0.2) is 0 Å². The molecule has 0 radical (unpaired) electrons. The van der Waals surface area contributed by atoms with E-state index in [-0.39, 0.29) is 29.5 Å². The molecule has 0 spiro atoms. The Bertz CT molecular complexity index is 551. The molecule has 0 bridgehead atoms. The Labute approximate surface area is 143 Å². The van der Waals surface area contributed by atoms with E-state index < -0.39 is 0 Å². The molecule has 132 valence electrons. The van der Waals surface area contributed by atoms with E-state index in [4.69, 9.17) is 0 Å². The van der Waals surface area contributed by atoms with Gasteiger partial charge < -0.3 is 10.2 Å². The molecule has 0 aromatic heterocycles. The maximum absolute atomic E-state index is 12.9. The molecular formula is C19H27FN2O2. The van der Waals surface area contributed by atoms with Crippen LogP contribution in [0.2, 0.25) is 0 Å². The first-order valence-corrected chi connectivity index (χ1v) is 8.82. The molecule has 1 aliphatic carbocycles. The second-order valence-electron chi connectivity index (χ2n) is 6.66. The maximum atomic E-state index is 12.9. The van der Waals surface area contributed by atoms with Crippen LogP contribution in [0, 0.1) is 17.7 Å². The van der Waals surface area contributed by atoms with Crippen molar-refractivity contribution in [1.82, 2.24) is 4.90 Å². The molecule has 1 aromatic rings. The lowest BCUT2D eigenvalue weighted by Crippen LogP contribution is -2.37. The van der Waals surface area contributed by atoms with Gasteiger partial charge in [0.25, 0.3) is 0 Å². The number of hydrogen-bond donors (Lipinski definition) is 1. The summed E-state index contributed by atoms with van der Waals surface area (Å²) >= 11 is 0. The molecule has 0 aliphatic heterocycles. The van der Waals surface area contributed by atoms with E-state index in [0.29, 0.717) is 5.69 Å². The highest BCUT2D eigenvalue weighted by molar-refractivity contribution is 5.92. The molecule has 24 heavy (non-hydrogen) atoms. The molecule has 5 heteroatoms. The number of carbonyl (C=O) groups is 2. The zero-order chi connectivity index (χ0) is 17.5. The number of rotatable bonds is 6. The summed E-state index contributed by atoms with van der Waals surface area (Å²) in [6.07, 6.45) is 5.08. The van der Waals surface area contributed by atoms with Gasteiger partial charge in [0.05, 0.1) is 0 Å². The van der Waals surface area contributed by atoms with Crippen molar-refractivity contribution in [2.24, 2.45) is 11.8 Å². The molecule has 1 N–H and O–H groups in total. The van der Waals surface area contributed by atoms with E-state index >= 15 is 0 Å². The van der Waals surface area contributed by atoms with Crippen molar-refractivity contribution >= 4 is 17.5 Å². The van der Waals surface area contributed by atoms with Crippen LogP contribution in [-0.2, 0) is 9.59 Å². The summed E-state index contributed by atoms with van der Waals surface area (Å²) in [7, 11) is 1.87. The molecule has 1 saturated carbocycles. The Morgan fingerprint density at radius 3 is 2.29 bits per heavy atom. The van der Waals surface area contributed by atoms with Crippen molar-refractivity contribution in [3.8, 4) is 0 Å². The van der Waals surface area contributed by atoms with Gasteiger partial charge in [-0.1, -0.05) is 13.3 Å². The highest BCUT2D eigenvalue weighted by atomic mass is 19.1. The highest BCUT2D eigenvalue weighted by Gasteiger charge is 2.31. The monoisotopic (exact) mass is 334 g/mol. The number of hydrogen-bond acceptors (Lipinski definition) is 2. The lowest BCUT2D eigenvalue weighted by Gasteiger charge is -2.30. The fourth-order valence-electron chi connectivity index (χ4n) is 3.20. The molecule has 0 heterocycles. The average molecular weight is 334 g/mol. The van der Waals surface area contributed by atoms with Crippen LogP contribution in [0.15, 0.2) is 24.3 Å². The minimum atomic E-state index is -0.320. The molecule has 1 fully saturated rings. The van der Waals surface area contributed by atoms with Crippen molar-refractivity contribution in [3.05, 3.63) is 30.1 Å². The largest absolute Gasteiger partial charge is 0.346 e. The summed E-state index contributed by atoms with van der Waals surface area (Å²) in [5.74, 6) is -0.173. The van der Waals surface area contributed by atoms with Crippen LogP contribution in [0.5, 0.6) is 0 Å².